The first-order valence-corrected chi connectivity index (χ1v) is 10.1. The van der Waals surface area contributed by atoms with Gasteiger partial charge in [0.2, 0.25) is 5.91 Å². The molecule has 0 unspecified atom stereocenters. The zero-order chi connectivity index (χ0) is 19.1. The Kier molecular flexibility index (Phi) is 4.62. The number of carbonyl (C=O) groups excluding carboxylic acids is 2. The van der Waals surface area contributed by atoms with Crippen LogP contribution in [0.15, 0.2) is 45.9 Å². The lowest BCUT2D eigenvalue weighted by Crippen LogP contribution is -2.54. The van der Waals surface area contributed by atoms with Gasteiger partial charge in [-0.05, 0) is 36.2 Å². The first-order chi connectivity index (χ1) is 12.2. The van der Waals surface area contributed by atoms with Gasteiger partial charge in [-0.25, -0.2) is 8.42 Å². The van der Waals surface area contributed by atoms with E-state index in [1.54, 1.807) is 12.1 Å². The number of carbonyl (C=O) groups is 2. The molecule has 2 aromatic rings. The summed E-state index contributed by atoms with van der Waals surface area (Å²) in [6, 6.07) is 6.77. The van der Waals surface area contributed by atoms with Crippen LogP contribution >= 0.6 is 0 Å². The molecule has 1 aliphatic heterocycles. The minimum absolute atomic E-state index is 0.0731. The van der Waals surface area contributed by atoms with Crippen LogP contribution in [-0.4, -0.2) is 32.5 Å². The highest BCUT2D eigenvalue weighted by atomic mass is 32.2. The van der Waals surface area contributed by atoms with E-state index in [0.29, 0.717) is 12.1 Å². The van der Waals surface area contributed by atoms with Gasteiger partial charge in [0.25, 0.3) is 5.91 Å². The molecule has 0 aliphatic carbocycles. The van der Waals surface area contributed by atoms with Crippen LogP contribution in [-0.2, 0) is 14.6 Å². The van der Waals surface area contributed by atoms with Gasteiger partial charge < -0.3 is 9.73 Å². The van der Waals surface area contributed by atoms with Crippen molar-refractivity contribution >= 4 is 33.0 Å². The zero-order valence-corrected chi connectivity index (χ0v) is 15.5. The minimum atomic E-state index is -3.44. The second-order valence-electron chi connectivity index (χ2n) is 6.42. The average Bonchev–Trinajstić information content (AvgIpc) is 3.12. The Morgan fingerprint density at radius 1 is 1.35 bits per heavy atom. The molecule has 0 bridgehead atoms. The summed E-state index contributed by atoms with van der Waals surface area (Å²) < 4.78 is 28.8. The molecule has 1 N–H and O–H groups in total. The topological polar surface area (TPSA) is 96.7 Å². The molecular formula is C18H20N2O5S. The average molecular weight is 376 g/mol. The van der Waals surface area contributed by atoms with Crippen molar-refractivity contribution in [3.63, 3.8) is 0 Å². The number of nitrogens with zero attached hydrogens (tertiary/aromatic N) is 1. The Bertz CT molecular complexity index is 950. The van der Waals surface area contributed by atoms with Gasteiger partial charge in [-0.15, -0.1) is 0 Å². The number of hydrogen-bond acceptors (Lipinski definition) is 5. The molecule has 0 saturated carbocycles. The highest BCUT2D eigenvalue weighted by Crippen LogP contribution is 2.37. The third-order valence-electron chi connectivity index (χ3n) is 4.59. The Labute approximate surface area is 151 Å². The molecule has 2 amide bonds. The highest BCUT2D eigenvalue weighted by Gasteiger charge is 2.41. The normalized spacial score (nSPS) is 18.2. The fourth-order valence-corrected chi connectivity index (χ4v) is 3.67. The number of furan rings is 1. The number of rotatable bonds is 4. The van der Waals surface area contributed by atoms with Crippen molar-refractivity contribution < 1.29 is 22.4 Å². The van der Waals surface area contributed by atoms with E-state index in [0.717, 1.165) is 6.26 Å². The van der Waals surface area contributed by atoms with Crippen molar-refractivity contribution in [2.45, 2.75) is 31.2 Å². The summed E-state index contributed by atoms with van der Waals surface area (Å²) in [6.07, 6.45) is 3.17. The number of hydrogen-bond donors (Lipinski definition) is 1. The molecule has 2 atom stereocenters. The van der Waals surface area contributed by atoms with E-state index >= 15 is 0 Å². The minimum Gasteiger partial charge on any atom is -0.459 e. The maximum atomic E-state index is 13.0. The van der Waals surface area contributed by atoms with Crippen molar-refractivity contribution in [2.75, 3.05) is 16.5 Å². The number of fused-ring (bicyclic) bond motifs is 1. The molecule has 1 aromatic heterocycles. The maximum absolute atomic E-state index is 13.0. The summed E-state index contributed by atoms with van der Waals surface area (Å²) in [5.41, 5.74) is 0.737. The lowest BCUT2D eigenvalue weighted by Gasteiger charge is -2.38. The maximum Gasteiger partial charge on any atom is 0.294 e. The second-order valence-corrected chi connectivity index (χ2v) is 8.44. The number of anilines is 2. The number of amides is 2. The Morgan fingerprint density at radius 2 is 2.08 bits per heavy atom. The molecule has 8 heteroatoms. The first-order valence-electron chi connectivity index (χ1n) is 8.26. The van der Waals surface area contributed by atoms with Crippen LogP contribution in [0.2, 0.25) is 0 Å². The van der Waals surface area contributed by atoms with Crippen LogP contribution in [0.4, 0.5) is 11.4 Å². The summed E-state index contributed by atoms with van der Waals surface area (Å²) >= 11 is 0. The molecule has 1 aliphatic rings. The molecule has 0 radical (unpaired) electrons. The van der Waals surface area contributed by atoms with Crippen LogP contribution in [0.1, 0.15) is 30.8 Å². The number of sulfone groups is 1. The summed E-state index contributed by atoms with van der Waals surface area (Å²) in [7, 11) is -3.44. The Balaban J connectivity index is 2.16. The van der Waals surface area contributed by atoms with Gasteiger partial charge in [0.1, 0.15) is 6.04 Å². The van der Waals surface area contributed by atoms with E-state index in [4.69, 9.17) is 4.42 Å². The molecule has 138 valence electrons. The van der Waals surface area contributed by atoms with Gasteiger partial charge in [0.05, 0.1) is 22.5 Å². The van der Waals surface area contributed by atoms with Gasteiger partial charge in [-0.2, -0.15) is 0 Å². The lowest BCUT2D eigenvalue weighted by atomic mass is 9.93. The summed E-state index contributed by atoms with van der Waals surface area (Å²) in [6.45, 7) is 3.83. The van der Waals surface area contributed by atoms with Crippen molar-refractivity contribution in [3.8, 4) is 0 Å². The standard InChI is InChI=1S/C18H20N2O5S/c1-4-11(2)16-17(21)19-13-10-12(26(3,23)24)7-8-14(13)20(16)18(22)15-6-5-9-25-15/h5-11,16H,4H2,1-3H3,(H,19,21)/t11-,16-/m0/s1. The van der Waals surface area contributed by atoms with Crippen LogP contribution < -0.4 is 10.2 Å². The van der Waals surface area contributed by atoms with E-state index in [1.807, 2.05) is 13.8 Å². The lowest BCUT2D eigenvalue weighted by molar-refractivity contribution is -0.118. The van der Waals surface area contributed by atoms with Crippen molar-refractivity contribution in [1.82, 2.24) is 0 Å². The second kappa shape index (κ2) is 6.60. The van der Waals surface area contributed by atoms with E-state index in [2.05, 4.69) is 5.32 Å². The van der Waals surface area contributed by atoms with Crippen LogP contribution in [0, 0.1) is 5.92 Å². The van der Waals surface area contributed by atoms with E-state index in [1.165, 1.54) is 29.4 Å². The van der Waals surface area contributed by atoms with Gasteiger partial charge in [-0.1, -0.05) is 20.3 Å². The summed E-state index contributed by atoms with van der Waals surface area (Å²) in [4.78, 5) is 27.2. The van der Waals surface area contributed by atoms with Gasteiger partial charge in [0.15, 0.2) is 15.6 Å². The third kappa shape index (κ3) is 3.12. The zero-order valence-electron chi connectivity index (χ0n) is 14.7. The molecule has 26 heavy (non-hydrogen) atoms. The van der Waals surface area contributed by atoms with E-state index in [9.17, 15) is 18.0 Å². The van der Waals surface area contributed by atoms with E-state index in [-0.39, 0.29) is 28.2 Å². The largest absolute Gasteiger partial charge is 0.459 e. The fraction of sp³-hybridized carbons (Fsp3) is 0.333. The Hall–Kier alpha value is -2.61. The molecule has 2 heterocycles. The molecule has 0 spiro atoms. The predicted molar refractivity (Wildman–Crippen MR) is 96.9 cm³/mol. The molecule has 0 saturated heterocycles. The molecule has 7 nitrogen and oxygen atoms in total. The monoisotopic (exact) mass is 376 g/mol. The first kappa shape index (κ1) is 18.2. The van der Waals surface area contributed by atoms with Gasteiger partial charge >= 0.3 is 0 Å². The summed E-state index contributed by atoms with van der Waals surface area (Å²) in [5, 5.41) is 2.74. The van der Waals surface area contributed by atoms with Gasteiger partial charge in [-0.3, -0.25) is 14.5 Å². The van der Waals surface area contributed by atoms with Crippen LogP contribution in [0.25, 0.3) is 0 Å². The SMILES string of the molecule is CC[C@H](C)[C@H]1C(=O)Nc2cc(S(C)(=O)=O)ccc2N1C(=O)c1ccco1. The fourth-order valence-electron chi connectivity index (χ4n) is 3.02. The van der Waals surface area contributed by atoms with Crippen LogP contribution in [0.5, 0.6) is 0 Å². The molecule has 1 aromatic carbocycles. The van der Waals surface area contributed by atoms with Crippen molar-refractivity contribution in [2.24, 2.45) is 5.92 Å². The smallest absolute Gasteiger partial charge is 0.294 e. The number of nitrogens with one attached hydrogen (secondary N) is 1. The van der Waals surface area contributed by atoms with E-state index < -0.39 is 21.8 Å². The highest BCUT2D eigenvalue weighted by molar-refractivity contribution is 7.90. The van der Waals surface area contributed by atoms with Crippen molar-refractivity contribution in [1.29, 1.82) is 0 Å². The quantitative estimate of drug-likeness (QED) is 0.885. The van der Waals surface area contributed by atoms with Gasteiger partial charge in [0, 0.05) is 6.26 Å². The van der Waals surface area contributed by atoms with Crippen molar-refractivity contribution in [3.05, 3.63) is 42.4 Å². The summed E-state index contributed by atoms with van der Waals surface area (Å²) in [5.74, 6) is -0.774. The molecule has 3 rings (SSSR count). The molecule has 0 fully saturated rings. The predicted octanol–water partition coefficient (Wildman–Crippen LogP) is 2.70. The number of benzene rings is 1. The third-order valence-corrected chi connectivity index (χ3v) is 5.70. The Morgan fingerprint density at radius 3 is 2.65 bits per heavy atom. The molecular weight excluding hydrogens is 356 g/mol. The van der Waals surface area contributed by atoms with Crippen LogP contribution in [0.3, 0.4) is 0 Å².